The highest BCUT2D eigenvalue weighted by Gasteiger charge is 2.28. The third kappa shape index (κ3) is 1.91. The maximum absolute atomic E-state index is 11.4. The van der Waals surface area contributed by atoms with Crippen molar-refractivity contribution >= 4 is 41.8 Å². The molecule has 0 atom stereocenters. The lowest BCUT2D eigenvalue weighted by molar-refractivity contribution is 0.204. The maximum Gasteiger partial charge on any atom is 0.417 e. The molecule has 0 fully saturated rings. The minimum Gasteiger partial charge on any atom is -0.464 e. The van der Waals surface area contributed by atoms with E-state index in [-0.39, 0.29) is 12.4 Å². The highest BCUT2D eigenvalue weighted by Crippen LogP contribution is 2.46. The summed E-state index contributed by atoms with van der Waals surface area (Å²) >= 11 is 1.54. The lowest BCUT2D eigenvalue weighted by Gasteiger charge is -2.27. The lowest BCUT2D eigenvalue weighted by atomic mass is 10.3. The molecule has 1 aliphatic heterocycles. The number of hydrogen-bond acceptors (Lipinski definition) is 3. The number of pyridine rings is 1. The largest absolute Gasteiger partial charge is 0.464 e. The van der Waals surface area contributed by atoms with Crippen molar-refractivity contribution in [2.24, 2.45) is 0 Å². The number of fused-ring (bicyclic) bond motifs is 2. The fraction of sp³-hybridized carbons (Fsp3) is 0. The molecular formula is C12H9ClN2O2S. The number of nitrogens with zero attached hydrogens (tertiary/aromatic N) is 2. The van der Waals surface area contributed by atoms with E-state index in [0.29, 0.717) is 11.5 Å². The van der Waals surface area contributed by atoms with E-state index in [4.69, 9.17) is 0 Å². The van der Waals surface area contributed by atoms with Crippen LogP contribution in [0.2, 0.25) is 0 Å². The first kappa shape index (κ1) is 12.7. The van der Waals surface area contributed by atoms with Crippen LogP contribution in [-0.4, -0.2) is 16.2 Å². The molecule has 2 heterocycles. The predicted molar refractivity (Wildman–Crippen MR) is 72.2 cm³/mol. The van der Waals surface area contributed by atoms with Crippen molar-refractivity contribution in [3.05, 3.63) is 42.6 Å². The number of amides is 1. The van der Waals surface area contributed by atoms with Gasteiger partial charge in [0, 0.05) is 11.1 Å². The predicted octanol–water partition coefficient (Wildman–Crippen LogP) is 3.78. The van der Waals surface area contributed by atoms with Gasteiger partial charge in [-0.1, -0.05) is 23.9 Å². The van der Waals surface area contributed by atoms with Gasteiger partial charge < -0.3 is 5.11 Å². The Balaban J connectivity index is 0.00000120. The second-order valence-electron chi connectivity index (χ2n) is 3.51. The summed E-state index contributed by atoms with van der Waals surface area (Å²) < 4.78 is 0. The average Bonchev–Trinajstić information content (AvgIpc) is 2.35. The molecule has 1 aromatic carbocycles. The van der Waals surface area contributed by atoms with Crippen LogP contribution in [0.1, 0.15) is 0 Å². The molecule has 18 heavy (non-hydrogen) atoms. The number of aromatic nitrogens is 1. The number of rotatable bonds is 0. The molecule has 1 N–H and O–H groups in total. The number of para-hydroxylation sites is 1. The van der Waals surface area contributed by atoms with Gasteiger partial charge in [0.2, 0.25) is 0 Å². The molecule has 0 unspecified atom stereocenters. The molecule has 2 aromatic rings. The summed E-state index contributed by atoms with van der Waals surface area (Å²) in [6.07, 6.45) is 0.584. The maximum atomic E-state index is 11.4. The van der Waals surface area contributed by atoms with Gasteiger partial charge in [-0.2, -0.15) is 0 Å². The van der Waals surface area contributed by atoms with Gasteiger partial charge in [-0.15, -0.1) is 12.4 Å². The number of carboxylic acid groups (broad SMARTS) is 1. The summed E-state index contributed by atoms with van der Waals surface area (Å²) in [5.41, 5.74) is 0.663. The molecule has 3 rings (SSSR count). The van der Waals surface area contributed by atoms with Crippen LogP contribution < -0.4 is 4.90 Å². The summed E-state index contributed by atoms with van der Waals surface area (Å²) in [4.78, 5) is 18.5. The van der Waals surface area contributed by atoms with Crippen molar-refractivity contribution in [1.29, 1.82) is 0 Å². The van der Waals surface area contributed by atoms with E-state index in [0.717, 1.165) is 9.79 Å². The smallest absolute Gasteiger partial charge is 0.417 e. The van der Waals surface area contributed by atoms with E-state index in [1.807, 2.05) is 24.3 Å². The first-order valence-electron chi connectivity index (χ1n) is 5.02. The Hall–Kier alpha value is -1.72. The monoisotopic (exact) mass is 280 g/mol. The van der Waals surface area contributed by atoms with Crippen molar-refractivity contribution in [3.8, 4) is 0 Å². The second-order valence-corrected chi connectivity index (χ2v) is 4.60. The van der Waals surface area contributed by atoms with Crippen molar-refractivity contribution < 1.29 is 9.90 Å². The summed E-state index contributed by atoms with van der Waals surface area (Å²) in [5.74, 6) is 0.476. The Bertz CT molecular complexity index is 561. The van der Waals surface area contributed by atoms with E-state index in [2.05, 4.69) is 4.98 Å². The molecule has 1 aliphatic rings. The molecule has 1 amide bonds. The second kappa shape index (κ2) is 4.88. The van der Waals surface area contributed by atoms with E-state index >= 15 is 0 Å². The molecule has 0 saturated carbocycles. The SMILES string of the molecule is Cl.O=C(O)N1c2ccccc2Sc2cccnc21. The van der Waals surface area contributed by atoms with Crippen LogP contribution in [0.15, 0.2) is 52.4 Å². The minimum absolute atomic E-state index is 0. The first-order chi connectivity index (χ1) is 8.27. The Morgan fingerprint density at radius 1 is 1.17 bits per heavy atom. The van der Waals surface area contributed by atoms with Crippen LogP contribution in [0.4, 0.5) is 16.3 Å². The molecule has 92 valence electrons. The highest BCUT2D eigenvalue weighted by atomic mass is 35.5. The summed E-state index contributed by atoms with van der Waals surface area (Å²) in [5, 5.41) is 9.31. The molecule has 4 nitrogen and oxygen atoms in total. The highest BCUT2D eigenvalue weighted by molar-refractivity contribution is 7.99. The van der Waals surface area contributed by atoms with Gasteiger partial charge in [0.25, 0.3) is 0 Å². The van der Waals surface area contributed by atoms with E-state index < -0.39 is 6.09 Å². The summed E-state index contributed by atoms with van der Waals surface area (Å²) in [6.45, 7) is 0. The third-order valence-corrected chi connectivity index (χ3v) is 3.58. The molecule has 0 bridgehead atoms. The number of carbonyl (C=O) groups is 1. The van der Waals surface area contributed by atoms with Crippen molar-refractivity contribution in [3.63, 3.8) is 0 Å². The standard InChI is InChI=1S/C12H8N2O2S.ClH/c15-12(16)14-8-4-1-2-5-9(8)17-10-6-3-7-13-11(10)14;/h1-7H,(H,15,16);1H. The van der Waals surface area contributed by atoms with Gasteiger partial charge >= 0.3 is 6.09 Å². The van der Waals surface area contributed by atoms with Crippen LogP contribution in [0.25, 0.3) is 0 Å². The molecule has 0 radical (unpaired) electrons. The Morgan fingerprint density at radius 2 is 1.89 bits per heavy atom. The molecule has 1 aromatic heterocycles. The fourth-order valence-electron chi connectivity index (χ4n) is 1.78. The van der Waals surface area contributed by atoms with Crippen LogP contribution in [0.3, 0.4) is 0 Å². The van der Waals surface area contributed by atoms with Crippen LogP contribution in [0, 0.1) is 0 Å². The molecule has 6 heteroatoms. The normalized spacial score (nSPS) is 12.1. The number of halogens is 1. The summed E-state index contributed by atoms with van der Waals surface area (Å²) in [6, 6.07) is 11.1. The van der Waals surface area contributed by atoms with Crippen LogP contribution in [0.5, 0.6) is 0 Å². The quantitative estimate of drug-likeness (QED) is 0.798. The zero-order chi connectivity index (χ0) is 11.8. The van der Waals surface area contributed by atoms with Gasteiger partial charge in [-0.3, -0.25) is 0 Å². The van der Waals surface area contributed by atoms with E-state index in [9.17, 15) is 9.90 Å². The fourth-order valence-corrected chi connectivity index (χ4v) is 2.81. The zero-order valence-corrected chi connectivity index (χ0v) is 10.7. The van der Waals surface area contributed by atoms with Crippen LogP contribution in [-0.2, 0) is 0 Å². The van der Waals surface area contributed by atoms with Crippen molar-refractivity contribution in [1.82, 2.24) is 4.98 Å². The van der Waals surface area contributed by atoms with Gasteiger partial charge in [0.05, 0.1) is 10.6 Å². The molecule has 0 spiro atoms. The van der Waals surface area contributed by atoms with Crippen LogP contribution >= 0.6 is 24.2 Å². The first-order valence-corrected chi connectivity index (χ1v) is 5.84. The lowest BCUT2D eigenvalue weighted by Crippen LogP contribution is -2.27. The zero-order valence-electron chi connectivity index (χ0n) is 9.11. The number of benzene rings is 1. The summed E-state index contributed by atoms with van der Waals surface area (Å²) in [7, 11) is 0. The van der Waals surface area contributed by atoms with E-state index in [1.54, 1.807) is 18.3 Å². The average molecular weight is 281 g/mol. The van der Waals surface area contributed by atoms with Gasteiger partial charge in [0.15, 0.2) is 5.82 Å². The number of hydrogen-bond donors (Lipinski definition) is 1. The number of anilines is 2. The Labute approximate surface area is 114 Å². The molecule has 0 aliphatic carbocycles. The Kier molecular flexibility index (Phi) is 3.45. The topological polar surface area (TPSA) is 53.4 Å². The van der Waals surface area contributed by atoms with Gasteiger partial charge in [-0.05, 0) is 24.3 Å². The Morgan fingerprint density at radius 3 is 2.67 bits per heavy atom. The van der Waals surface area contributed by atoms with Crippen molar-refractivity contribution in [2.45, 2.75) is 9.79 Å². The van der Waals surface area contributed by atoms with Gasteiger partial charge in [0.1, 0.15) is 0 Å². The van der Waals surface area contributed by atoms with E-state index in [1.165, 1.54) is 16.7 Å². The van der Waals surface area contributed by atoms with Crippen molar-refractivity contribution in [2.75, 3.05) is 4.90 Å². The minimum atomic E-state index is -1.02. The van der Waals surface area contributed by atoms with Gasteiger partial charge in [-0.25, -0.2) is 14.7 Å². The molecular weight excluding hydrogens is 272 g/mol. The third-order valence-electron chi connectivity index (χ3n) is 2.48. The molecule has 0 saturated heterocycles.